The molecular formula is C22H26O6. The van der Waals surface area contributed by atoms with E-state index < -0.39 is 0 Å². The molecule has 0 spiro atoms. The second kappa shape index (κ2) is 11.6. The molecule has 0 fully saturated rings. The van der Waals surface area contributed by atoms with Crippen LogP contribution in [-0.2, 0) is 9.47 Å². The van der Waals surface area contributed by atoms with E-state index in [0.717, 1.165) is 25.7 Å². The molecule has 0 saturated carbocycles. The average molecular weight is 386 g/mol. The zero-order valence-electron chi connectivity index (χ0n) is 16.3. The van der Waals surface area contributed by atoms with Crippen LogP contribution in [0.15, 0.2) is 48.5 Å². The molecule has 2 rings (SSSR count). The van der Waals surface area contributed by atoms with E-state index in [2.05, 4.69) is 0 Å². The first-order valence-corrected chi connectivity index (χ1v) is 9.27. The fourth-order valence-corrected chi connectivity index (χ4v) is 2.67. The summed E-state index contributed by atoms with van der Waals surface area (Å²) >= 11 is 0. The monoisotopic (exact) mass is 386 g/mol. The van der Waals surface area contributed by atoms with E-state index in [1.54, 1.807) is 48.5 Å². The van der Waals surface area contributed by atoms with Crippen LogP contribution in [-0.4, -0.2) is 39.4 Å². The number of methoxy groups -OCH3 is 2. The molecule has 6 nitrogen and oxygen atoms in total. The molecule has 0 radical (unpaired) electrons. The summed E-state index contributed by atoms with van der Waals surface area (Å²) in [7, 11) is 3.04. The summed E-state index contributed by atoms with van der Waals surface area (Å²) in [5.74, 6) is 0.236. The van der Waals surface area contributed by atoms with Gasteiger partial charge < -0.3 is 18.9 Å². The zero-order chi connectivity index (χ0) is 20.2. The Balaban J connectivity index is 1.58. The van der Waals surface area contributed by atoms with Crippen LogP contribution in [0.25, 0.3) is 0 Å². The fourth-order valence-electron chi connectivity index (χ4n) is 2.67. The zero-order valence-corrected chi connectivity index (χ0v) is 16.3. The van der Waals surface area contributed by atoms with Gasteiger partial charge in [-0.3, -0.25) is 0 Å². The largest absolute Gasteiger partial charge is 0.496 e. The van der Waals surface area contributed by atoms with E-state index in [4.69, 9.17) is 18.9 Å². The summed E-state index contributed by atoms with van der Waals surface area (Å²) in [6.45, 7) is 0.690. The standard InChI is InChI=1S/C22H26O6/c1-25-19-13-7-5-11-17(19)21(23)27-15-9-3-4-10-16-28-22(24)18-12-6-8-14-20(18)26-2/h5-8,11-14H,3-4,9-10,15-16H2,1-2H3. The van der Waals surface area contributed by atoms with E-state index in [1.165, 1.54) is 14.2 Å². The highest BCUT2D eigenvalue weighted by atomic mass is 16.5. The Kier molecular flexibility index (Phi) is 8.85. The van der Waals surface area contributed by atoms with Gasteiger partial charge in [0.1, 0.15) is 22.6 Å². The summed E-state index contributed by atoms with van der Waals surface area (Å²) in [6.07, 6.45) is 3.26. The van der Waals surface area contributed by atoms with Crippen molar-refractivity contribution in [1.82, 2.24) is 0 Å². The van der Waals surface area contributed by atoms with E-state index in [-0.39, 0.29) is 11.9 Å². The van der Waals surface area contributed by atoms with Crippen molar-refractivity contribution >= 4 is 11.9 Å². The number of rotatable bonds is 11. The third-order valence-electron chi connectivity index (χ3n) is 4.16. The SMILES string of the molecule is COc1ccccc1C(=O)OCCCCCCOC(=O)c1ccccc1OC. The molecule has 0 heterocycles. The van der Waals surface area contributed by atoms with Gasteiger partial charge in [0.15, 0.2) is 0 Å². The van der Waals surface area contributed by atoms with Crippen LogP contribution < -0.4 is 9.47 Å². The van der Waals surface area contributed by atoms with E-state index in [0.29, 0.717) is 35.8 Å². The van der Waals surface area contributed by atoms with Gasteiger partial charge in [-0.15, -0.1) is 0 Å². The summed E-state index contributed by atoms with van der Waals surface area (Å²) in [5, 5.41) is 0. The summed E-state index contributed by atoms with van der Waals surface area (Å²) < 4.78 is 20.9. The Morgan fingerprint density at radius 2 is 1.04 bits per heavy atom. The van der Waals surface area contributed by atoms with Crippen molar-refractivity contribution in [3.8, 4) is 11.5 Å². The smallest absolute Gasteiger partial charge is 0.341 e. The molecule has 0 aliphatic carbocycles. The van der Waals surface area contributed by atoms with Gasteiger partial charge in [0.2, 0.25) is 0 Å². The predicted molar refractivity (Wildman–Crippen MR) is 105 cm³/mol. The van der Waals surface area contributed by atoms with Gasteiger partial charge in [0, 0.05) is 0 Å². The molecule has 0 amide bonds. The summed E-state index contributed by atoms with van der Waals surface area (Å²) in [5.41, 5.74) is 0.849. The molecule has 0 N–H and O–H groups in total. The van der Waals surface area contributed by atoms with Crippen molar-refractivity contribution < 1.29 is 28.5 Å². The van der Waals surface area contributed by atoms with Gasteiger partial charge in [-0.05, 0) is 49.9 Å². The third-order valence-corrected chi connectivity index (χ3v) is 4.16. The lowest BCUT2D eigenvalue weighted by Gasteiger charge is -2.09. The number of ether oxygens (including phenoxy) is 4. The topological polar surface area (TPSA) is 71.1 Å². The van der Waals surface area contributed by atoms with Crippen molar-refractivity contribution in [2.45, 2.75) is 25.7 Å². The van der Waals surface area contributed by atoms with Crippen LogP contribution in [0.1, 0.15) is 46.4 Å². The highest BCUT2D eigenvalue weighted by molar-refractivity contribution is 5.93. The molecule has 6 heteroatoms. The number of esters is 2. The molecule has 0 aliphatic rings. The number of carbonyl (C=O) groups is 2. The van der Waals surface area contributed by atoms with Crippen molar-refractivity contribution in [2.24, 2.45) is 0 Å². The lowest BCUT2D eigenvalue weighted by molar-refractivity contribution is 0.0470. The average Bonchev–Trinajstić information content (AvgIpc) is 2.75. The van der Waals surface area contributed by atoms with Gasteiger partial charge in [-0.25, -0.2) is 9.59 Å². The number of carbonyl (C=O) groups excluding carboxylic acids is 2. The lowest BCUT2D eigenvalue weighted by atomic mass is 10.2. The molecule has 150 valence electrons. The predicted octanol–water partition coefficient (Wildman–Crippen LogP) is 4.28. The molecule has 0 bridgehead atoms. The Morgan fingerprint density at radius 3 is 1.43 bits per heavy atom. The highest BCUT2D eigenvalue weighted by Gasteiger charge is 2.13. The molecule has 2 aromatic carbocycles. The van der Waals surface area contributed by atoms with E-state index in [1.807, 2.05) is 0 Å². The maximum Gasteiger partial charge on any atom is 0.341 e. The van der Waals surface area contributed by atoms with Gasteiger partial charge >= 0.3 is 11.9 Å². The molecule has 28 heavy (non-hydrogen) atoms. The van der Waals surface area contributed by atoms with Crippen molar-refractivity contribution in [1.29, 1.82) is 0 Å². The normalized spacial score (nSPS) is 10.2. The number of benzene rings is 2. The van der Waals surface area contributed by atoms with E-state index in [9.17, 15) is 9.59 Å². The number of para-hydroxylation sites is 2. The minimum Gasteiger partial charge on any atom is -0.496 e. The first-order valence-electron chi connectivity index (χ1n) is 9.27. The molecule has 0 aliphatic heterocycles. The van der Waals surface area contributed by atoms with Crippen LogP contribution in [0, 0.1) is 0 Å². The second-order valence-corrected chi connectivity index (χ2v) is 6.09. The van der Waals surface area contributed by atoms with Crippen LogP contribution in [0.2, 0.25) is 0 Å². The Bertz CT molecular complexity index is 706. The number of hydrogen-bond acceptors (Lipinski definition) is 6. The first kappa shape index (κ1) is 21.3. The summed E-state index contributed by atoms with van der Waals surface area (Å²) in [6, 6.07) is 13.9. The maximum absolute atomic E-state index is 12.1. The molecule has 2 aromatic rings. The van der Waals surface area contributed by atoms with Crippen molar-refractivity contribution in [3.63, 3.8) is 0 Å². The third kappa shape index (κ3) is 6.30. The molecule has 0 atom stereocenters. The van der Waals surface area contributed by atoms with Gasteiger partial charge in [-0.2, -0.15) is 0 Å². The second-order valence-electron chi connectivity index (χ2n) is 6.09. The highest BCUT2D eigenvalue weighted by Crippen LogP contribution is 2.19. The Morgan fingerprint density at radius 1 is 0.643 bits per heavy atom. The Hall–Kier alpha value is -3.02. The van der Waals surface area contributed by atoms with E-state index >= 15 is 0 Å². The minimum atomic E-state index is -0.386. The molecule has 0 unspecified atom stereocenters. The van der Waals surface area contributed by atoms with Crippen LogP contribution in [0.3, 0.4) is 0 Å². The first-order chi connectivity index (χ1) is 13.7. The fraction of sp³-hybridized carbons (Fsp3) is 0.364. The lowest BCUT2D eigenvalue weighted by Crippen LogP contribution is -2.09. The molecular weight excluding hydrogens is 360 g/mol. The van der Waals surface area contributed by atoms with Crippen LogP contribution >= 0.6 is 0 Å². The molecule has 0 aromatic heterocycles. The van der Waals surface area contributed by atoms with Gasteiger partial charge in [0.25, 0.3) is 0 Å². The van der Waals surface area contributed by atoms with Gasteiger partial charge in [-0.1, -0.05) is 24.3 Å². The number of unbranched alkanes of at least 4 members (excludes halogenated alkanes) is 3. The van der Waals surface area contributed by atoms with Gasteiger partial charge in [0.05, 0.1) is 27.4 Å². The quantitative estimate of drug-likeness (QED) is 0.424. The molecule has 0 saturated heterocycles. The van der Waals surface area contributed by atoms with Crippen molar-refractivity contribution in [3.05, 3.63) is 59.7 Å². The van der Waals surface area contributed by atoms with Crippen LogP contribution in [0.4, 0.5) is 0 Å². The maximum atomic E-state index is 12.1. The van der Waals surface area contributed by atoms with Crippen LogP contribution in [0.5, 0.6) is 11.5 Å². The van der Waals surface area contributed by atoms with Crippen molar-refractivity contribution in [2.75, 3.05) is 27.4 Å². The Labute approximate surface area is 165 Å². The summed E-state index contributed by atoms with van der Waals surface area (Å²) in [4.78, 5) is 24.1. The number of hydrogen-bond donors (Lipinski definition) is 0. The minimum absolute atomic E-state index is 0.345.